The molecule has 0 aliphatic heterocycles. The summed E-state index contributed by atoms with van der Waals surface area (Å²) in [5.41, 5.74) is 11.7. The Hall–Kier alpha value is -1.07. The van der Waals surface area contributed by atoms with E-state index in [-0.39, 0.29) is 6.04 Å². The summed E-state index contributed by atoms with van der Waals surface area (Å²) in [6.45, 7) is 2.24. The largest absolute Gasteiger partial charge is 0.351 e. The van der Waals surface area contributed by atoms with Gasteiger partial charge in [0.05, 0.1) is 0 Å². The van der Waals surface area contributed by atoms with E-state index >= 15 is 0 Å². The summed E-state index contributed by atoms with van der Waals surface area (Å²) in [4.78, 5) is 12.7. The zero-order chi connectivity index (χ0) is 11.4. The summed E-state index contributed by atoms with van der Waals surface area (Å²) in [6.07, 6.45) is 0. The first-order chi connectivity index (χ1) is 7.00. The van der Waals surface area contributed by atoms with Crippen molar-refractivity contribution in [2.24, 2.45) is 11.5 Å². The van der Waals surface area contributed by atoms with Crippen LogP contribution < -0.4 is 16.4 Å². The van der Waals surface area contributed by atoms with Crippen LogP contribution in [-0.2, 0) is 0 Å². The van der Waals surface area contributed by atoms with Crippen molar-refractivity contribution >= 4 is 27.6 Å². The number of urea groups is 1. The average molecular weight is 272 g/mol. The minimum absolute atomic E-state index is 0.110. The Bertz CT molecular complexity index is 337. The molecule has 1 unspecified atom stereocenters. The first-order valence-electron chi connectivity index (χ1n) is 4.59. The number of carbonyl (C=O) groups is 1. The van der Waals surface area contributed by atoms with E-state index in [1.165, 1.54) is 4.90 Å². The Balaban J connectivity index is 2.89. The standard InChI is InChI=1S/C10H14BrN3O/c1-7(12)6-14(10(13)15)9-4-2-8(11)3-5-9/h2-5,7H,6,12H2,1H3,(H2,13,15). The van der Waals surface area contributed by atoms with E-state index in [0.717, 1.165) is 10.2 Å². The number of nitrogens with two attached hydrogens (primary N) is 2. The van der Waals surface area contributed by atoms with Crippen molar-refractivity contribution in [2.45, 2.75) is 13.0 Å². The maximum atomic E-state index is 11.2. The molecule has 15 heavy (non-hydrogen) atoms. The highest BCUT2D eigenvalue weighted by Gasteiger charge is 2.13. The van der Waals surface area contributed by atoms with Gasteiger partial charge in [0.25, 0.3) is 0 Å². The summed E-state index contributed by atoms with van der Waals surface area (Å²) in [6, 6.07) is 6.74. The Morgan fingerprint density at radius 2 is 2.00 bits per heavy atom. The number of hydrogen-bond donors (Lipinski definition) is 2. The van der Waals surface area contributed by atoms with E-state index < -0.39 is 6.03 Å². The zero-order valence-corrected chi connectivity index (χ0v) is 10.1. The zero-order valence-electron chi connectivity index (χ0n) is 8.48. The summed E-state index contributed by atoms with van der Waals surface area (Å²) in [5.74, 6) is 0. The van der Waals surface area contributed by atoms with Gasteiger partial charge < -0.3 is 11.5 Å². The maximum absolute atomic E-state index is 11.2. The molecule has 1 atom stereocenters. The topological polar surface area (TPSA) is 72.3 Å². The molecule has 0 saturated carbocycles. The van der Waals surface area contributed by atoms with Crippen molar-refractivity contribution in [1.29, 1.82) is 0 Å². The number of nitrogens with zero attached hydrogens (tertiary/aromatic N) is 1. The van der Waals surface area contributed by atoms with Crippen LogP contribution in [0.4, 0.5) is 10.5 Å². The number of anilines is 1. The third-order valence-electron chi connectivity index (χ3n) is 1.87. The first kappa shape index (κ1) is 12.0. The van der Waals surface area contributed by atoms with Gasteiger partial charge in [0.1, 0.15) is 0 Å². The van der Waals surface area contributed by atoms with Crippen LogP contribution in [0.1, 0.15) is 6.92 Å². The van der Waals surface area contributed by atoms with Crippen molar-refractivity contribution in [1.82, 2.24) is 0 Å². The second kappa shape index (κ2) is 5.14. The first-order valence-corrected chi connectivity index (χ1v) is 5.38. The number of carbonyl (C=O) groups excluding carboxylic acids is 1. The van der Waals surface area contributed by atoms with Crippen LogP contribution in [0, 0.1) is 0 Å². The highest BCUT2D eigenvalue weighted by atomic mass is 79.9. The monoisotopic (exact) mass is 271 g/mol. The van der Waals surface area contributed by atoms with Gasteiger partial charge in [-0.1, -0.05) is 15.9 Å². The lowest BCUT2D eigenvalue weighted by molar-refractivity contribution is 0.253. The molecule has 0 aliphatic rings. The minimum atomic E-state index is -0.491. The van der Waals surface area contributed by atoms with Gasteiger partial charge in [0.15, 0.2) is 0 Å². The summed E-state index contributed by atoms with van der Waals surface area (Å²) < 4.78 is 0.955. The van der Waals surface area contributed by atoms with Crippen LogP contribution in [0.25, 0.3) is 0 Å². The minimum Gasteiger partial charge on any atom is -0.351 e. The van der Waals surface area contributed by atoms with E-state index in [9.17, 15) is 4.79 Å². The smallest absolute Gasteiger partial charge is 0.319 e. The molecule has 0 aliphatic carbocycles. The van der Waals surface area contributed by atoms with Gasteiger partial charge in [-0.2, -0.15) is 0 Å². The Kier molecular flexibility index (Phi) is 4.11. The number of primary amides is 1. The molecule has 0 saturated heterocycles. The number of halogens is 1. The molecule has 0 spiro atoms. The van der Waals surface area contributed by atoms with Crippen LogP contribution in [-0.4, -0.2) is 18.6 Å². The van der Waals surface area contributed by atoms with Gasteiger partial charge in [0, 0.05) is 22.7 Å². The lowest BCUT2D eigenvalue weighted by Gasteiger charge is -2.22. The van der Waals surface area contributed by atoms with Crippen molar-refractivity contribution in [2.75, 3.05) is 11.4 Å². The van der Waals surface area contributed by atoms with Crippen LogP contribution in [0.3, 0.4) is 0 Å². The summed E-state index contributed by atoms with van der Waals surface area (Å²) in [5, 5.41) is 0. The molecule has 1 aromatic rings. The van der Waals surface area contributed by atoms with E-state index in [4.69, 9.17) is 11.5 Å². The quantitative estimate of drug-likeness (QED) is 0.878. The molecule has 4 N–H and O–H groups in total. The summed E-state index contributed by atoms with van der Waals surface area (Å²) in [7, 11) is 0. The van der Waals surface area contributed by atoms with Crippen LogP contribution in [0.15, 0.2) is 28.7 Å². The third-order valence-corrected chi connectivity index (χ3v) is 2.40. The predicted molar refractivity (Wildman–Crippen MR) is 64.7 cm³/mol. The van der Waals surface area contributed by atoms with Crippen LogP contribution in [0.5, 0.6) is 0 Å². The van der Waals surface area contributed by atoms with Crippen molar-refractivity contribution < 1.29 is 4.79 Å². The van der Waals surface area contributed by atoms with Gasteiger partial charge in [0.2, 0.25) is 0 Å². The molecule has 5 heteroatoms. The Labute approximate surface area is 97.4 Å². The fraction of sp³-hybridized carbons (Fsp3) is 0.300. The van der Waals surface area contributed by atoms with Crippen LogP contribution in [0.2, 0.25) is 0 Å². The maximum Gasteiger partial charge on any atom is 0.319 e. The van der Waals surface area contributed by atoms with Gasteiger partial charge >= 0.3 is 6.03 Å². The number of hydrogen-bond acceptors (Lipinski definition) is 2. The number of rotatable bonds is 3. The van der Waals surface area contributed by atoms with Crippen molar-refractivity contribution in [3.8, 4) is 0 Å². The highest BCUT2D eigenvalue weighted by molar-refractivity contribution is 9.10. The third kappa shape index (κ3) is 3.53. The molecule has 0 bridgehead atoms. The molecular weight excluding hydrogens is 258 g/mol. The molecule has 0 radical (unpaired) electrons. The SMILES string of the molecule is CC(N)CN(C(N)=O)c1ccc(Br)cc1. The molecule has 82 valence electrons. The Morgan fingerprint density at radius 3 is 2.40 bits per heavy atom. The van der Waals surface area contributed by atoms with Crippen molar-refractivity contribution in [3.05, 3.63) is 28.7 Å². The second-order valence-electron chi connectivity index (χ2n) is 3.40. The molecule has 1 aromatic carbocycles. The number of benzene rings is 1. The molecule has 0 fully saturated rings. The normalized spacial score (nSPS) is 12.2. The van der Waals surface area contributed by atoms with E-state index in [1.54, 1.807) is 0 Å². The van der Waals surface area contributed by atoms with Gasteiger partial charge in [-0.05, 0) is 31.2 Å². The fourth-order valence-corrected chi connectivity index (χ4v) is 1.50. The summed E-state index contributed by atoms with van der Waals surface area (Å²) >= 11 is 3.32. The van der Waals surface area contributed by atoms with Gasteiger partial charge in [-0.15, -0.1) is 0 Å². The molecule has 4 nitrogen and oxygen atoms in total. The lowest BCUT2D eigenvalue weighted by atomic mass is 10.2. The van der Waals surface area contributed by atoms with E-state index in [1.807, 2.05) is 31.2 Å². The fourth-order valence-electron chi connectivity index (χ4n) is 1.23. The van der Waals surface area contributed by atoms with Crippen molar-refractivity contribution in [3.63, 3.8) is 0 Å². The molecule has 1 rings (SSSR count). The number of amides is 2. The lowest BCUT2D eigenvalue weighted by Crippen LogP contribution is -2.42. The average Bonchev–Trinajstić information content (AvgIpc) is 2.15. The molecule has 0 heterocycles. The van der Waals surface area contributed by atoms with E-state index in [0.29, 0.717) is 6.54 Å². The van der Waals surface area contributed by atoms with E-state index in [2.05, 4.69) is 15.9 Å². The van der Waals surface area contributed by atoms with Crippen LogP contribution >= 0.6 is 15.9 Å². The Morgan fingerprint density at radius 1 is 1.47 bits per heavy atom. The molecule has 2 amide bonds. The van der Waals surface area contributed by atoms with Gasteiger partial charge in [-0.3, -0.25) is 4.90 Å². The molecule has 0 aromatic heterocycles. The molecular formula is C10H14BrN3O. The predicted octanol–water partition coefficient (Wildman–Crippen LogP) is 1.68. The highest BCUT2D eigenvalue weighted by Crippen LogP contribution is 2.18. The second-order valence-corrected chi connectivity index (χ2v) is 4.32. The van der Waals surface area contributed by atoms with Gasteiger partial charge in [-0.25, -0.2) is 4.79 Å².